The van der Waals surface area contributed by atoms with E-state index in [0.29, 0.717) is 17.6 Å². The highest BCUT2D eigenvalue weighted by Gasteiger charge is 2.28. The van der Waals surface area contributed by atoms with Gasteiger partial charge in [-0.1, -0.05) is 12.5 Å². The predicted octanol–water partition coefficient (Wildman–Crippen LogP) is 2.32. The van der Waals surface area contributed by atoms with E-state index in [4.69, 9.17) is 0 Å². The maximum Gasteiger partial charge on any atom is 0.257 e. The minimum atomic E-state index is 0.0850. The van der Waals surface area contributed by atoms with Gasteiger partial charge in [0.25, 0.3) is 5.91 Å². The van der Waals surface area contributed by atoms with Crippen LogP contribution in [0, 0.1) is 6.92 Å². The fraction of sp³-hybridized carbons (Fsp3) is 0.526. The molecular formula is C19H25N5O. The number of hydrogen-bond acceptors (Lipinski definition) is 4. The van der Waals surface area contributed by atoms with Crippen LogP contribution in [0.4, 0.5) is 0 Å². The van der Waals surface area contributed by atoms with Crippen LogP contribution in [0.2, 0.25) is 0 Å². The number of amides is 1. The first-order chi connectivity index (χ1) is 12.2. The van der Waals surface area contributed by atoms with Crippen molar-refractivity contribution in [2.24, 2.45) is 0 Å². The molecule has 0 atom stereocenters. The standard InChI is InChI=1S/C19H25N5O/c1-14-17(13-21-24(14)18-7-2-3-10-20-18)19(25)23-11-8-16(9-12-23)22-15-5-4-6-15/h2-3,7,10,13,15-16,22H,4-6,8-9,11-12H2,1H3. The average Bonchev–Trinajstić information content (AvgIpc) is 3.00. The Morgan fingerprint density at radius 1 is 1.16 bits per heavy atom. The van der Waals surface area contributed by atoms with Gasteiger partial charge >= 0.3 is 0 Å². The van der Waals surface area contributed by atoms with E-state index in [1.807, 2.05) is 30.0 Å². The van der Waals surface area contributed by atoms with E-state index in [2.05, 4.69) is 15.4 Å². The predicted molar refractivity (Wildman–Crippen MR) is 95.8 cm³/mol. The smallest absolute Gasteiger partial charge is 0.257 e. The fourth-order valence-corrected chi connectivity index (χ4v) is 3.66. The summed E-state index contributed by atoms with van der Waals surface area (Å²) in [6.45, 7) is 3.56. The molecule has 0 radical (unpaired) electrons. The van der Waals surface area contributed by atoms with Gasteiger partial charge in [0.15, 0.2) is 5.82 Å². The van der Waals surface area contributed by atoms with E-state index < -0.39 is 0 Å². The van der Waals surface area contributed by atoms with E-state index in [9.17, 15) is 4.79 Å². The summed E-state index contributed by atoms with van der Waals surface area (Å²) in [6.07, 6.45) is 9.46. The van der Waals surface area contributed by atoms with E-state index in [1.54, 1.807) is 17.1 Å². The maximum atomic E-state index is 12.9. The number of rotatable bonds is 4. The molecule has 0 aromatic carbocycles. The quantitative estimate of drug-likeness (QED) is 0.928. The summed E-state index contributed by atoms with van der Waals surface area (Å²) in [5, 5.41) is 8.10. The van der Waals surface area contributed by atoms with Crippen molar-refractivity contribution in [3.8, 4) is 5.82 Å². The highest BCUT2D eigenvalue weighted by Crippen LogP contribution is 2.22. The van der Waals surface area contributed by atoms with Gasteiger partial charge in [-0.2, -0.15) is 5.10 Å². The highest BCUT2D eigenvalue weighted by atomic mass is 16.2. The molecule has 1 aliphatic carbocycles. The van der Waals surface area contributed by atoms with E-state index >= 15 is 0 Å². The second-order valence-electron chi connectivity index (χ2n) is 7.10. The lowest BCUT2D eigenvalue weighted by Crippen LogP contribution is -2.49. The Hall–Kier alpha value is -2.21. The Bertz CT molecular complexity index is 730. The third kappa shape index (κ3) is 3.31. The molecule has 1 amide bonds. The molecule has 0 bridgehead atoms. The molecule has 2 fully saturated rings. The van der Waals surface area contributed by atoms with Crippen molar-refractivity contribution in [3.63, 3.8) is 0 Å². The summed E-state index contributed by atoms with van der Waals surface area (Å²) in [5.74, 6) is 0.823. The summed E-state index contributed by atoms with van der Waals surface area (Å²) >= 11 is 0. The van der Waals surface area contributed by atoms with Crippen LogP contribution < -0.4 is 5.32 Å². The van der Waals surface area contributed by atoms with E-state index in [0.717, 1.165) is 37.4 Å². The van der Waals surface area contributed by atoms with Crippen molar-refractivity contribution in [2.75, 3.05) is 13.1 Å². The first kappa shape index (κ1) is 16.3. The summed E-state index contributed by atoms with van der Waals surface area (Å²) in [4.78, 5) is 19.2. The van der Waals surface area contributed by atoms with Gasteiger partial charge in [-0.25, -0.2) is 9.67 Å². The molecule has 1 N–H and O–H groups in total. The molecule has 6 nitrogen and oxygen atoms in total. The molecular weight excluding hydrogens is 314 g/mol. The van der Waals surface area contributed by atoms with Crippen molar-refractivity contribution < 1.29 is 4.79 Å². The lowest BCUT2D eigenvalue weighted by molar-refractivity contribution is 0.0696. The van der Waals surface area contributed by atoms with Gasteiger partial charge in [0.05, 0.1) is 17.5 Å². The topological polar surface area (TPSA) is 63.1 Å². The number of likely N-dealkylation sites (tertiary alicyclic amines) is 1. The SMILES string of the molecule is Cc1c(C(=O)N2CCC(NC3CCC3)CC2)cnn1-c1ccccn1. The zero-order chi connectivity index (χ0) is 17.2. The number of piperidine rings is 1. The van der Waals surface area contributed by atoms with Crippen LogP contribution in [-0.2, 0) is 0 Å². The average molecular weight is 339 g/mol. The lowest BCUT2D eigenvalue weighted by Gasteiger charge is -2.37. The second-order valence-corrected chi connectivity index (χ2v) is 7.10. The summed E-state index contributed by atoms with van der Waals surface area (Å²) < 4.78 is 1.73. The van der Waals surface area contributed by atoms with E-state index in [-0.39, 0.29) is 5.91 Å². The van der Waals surface area contributed by atoms with Crippen molar-refractivity contribution in [1.29, 1.82) is 0 Å². The zero-order valence-electron chi connectivity index (χ0n) is 14.7. The number of aromatic nitrogens is 3. The third-order valence-electron chi connectivity index (χ3n) is 5.47. The number of hydrogen-bond donors (Lipinski definition) is 1. The molecule has 132 valence electrons. The largest absolute Gasteiger partial charge is 0.338 e. The highest BCUT2D eigenvalue weighted by molar-refractivity contribution is 5.95. The van der Waals surface area contributed by atoms with Gasteiger partial charge in [0.2, 0.25) is 0 Å². The molecule has 2 aromatic rings. The normalized spacial score (nSPS) is 19.0. The molecule has 0 unspecified atom stereocenters. The number of carbonyl (C=O) groups is 1. The number of pyridine rings is 1. The molecule has 25 heavy (non-hydrogen) atoms. The Kier molecular flexibility index (Phi) is 4.53. The Morgan fingerprint density at radius 2 is 1.92 bits per heavy atom. The van der Waals surface area contributed by atoms with Gasteiger partial charge in [-0.05, 0) is 44.7 Å². The molecule has 3 heterocycles. The Balaban J connectivity index is 1.41. The van der Waals surface area contributed by atoms with Crippen LogP contribution in [0.1, 0.15) is 48.2 Å². The van der Waals surface area contributed by atoms with Crippen LogP contribution >= 0.6 is 0 Å². The molecule has 6 heteroatoms. The Morgan fingerprint density at radius 3 is 2.56 bits per heavy atom. The molecule has 4 rings (SSSR count). The minimum Gasteiger partial charge on any atom is -0.338 e. The van der Waals surface area contributed by atoms with Crippen LogP contribution in [-0.4, -0.2) is 50.7 Å². The second kappa shape index (κ2) is 6.96. The monoisotopic (exact) mass is 339 g/mol. The molecule has 2 aliphatic rings. The van der Waals surface area contributed by atoms with E-state index in [1.165, 1.54) is 19.3 Å². The van der Waals surface area contributed by atoms with Gasteiger partial charge < -0.3 is 10.2 Å². The van der Waals surface area contributed by atoms with Gasteiger partial charge in [0, 0.05) is 31.4 Å². The van der Waals surface area contributed by atoms with Crippen LogP contribution in [0.25, 0.3) is 5.82 Å². The first-order valence-corrected chi connectivity index (χ1v) is 9.24. The number of carbonyl (C=O) groups excluding carboxylic acids is 1. The van der Waals surface area contributed by atoms with Crippen LogP contribution in [0.5, 0.6) is 0 Å². The third-order valence-corrected chi connectivity index (χ3v) is 5.47. The number of nitrogens with zero attached hydrogens (tertiary/aromatic N) is 4. The minimum absolute atomic E-state index is 0.0850. The van der Waals surface area contributed by atoms with Crippen molar-refractivity contribution in [3.05, 3.63) is 41.9 Å². The fourth-order valence-electron chi connectivity index (χ4n) is 3.66. The first-order valence-electron chi connectivity index (χ1n) is 9.24. The van der Waals surface area contributed by atoms with Crippen molar-refractivity contribution in [2.45, 2.75) is 51.1 Å². The molecule has 2 aromatic heterocycles. The number of nitrogens with one attached hydrogen (secondary N) is 1. The Labute approximate surface area is 148 Å². The molecule has 1 saturated heterocycles. The lowest BCUT2D eigenvalue weighted by atomic mass is 9.91. The van der Waals surface area contributed by atoms with Gasteiger partial charge in [0.1, 0.15) is 0 Å². The summed E-state index contributed by atoms with van der Waals surface area (Å²) in [5.41, 5.74) is 1.52. The summed E-state index contributed by atoms with van der Waals surface area (Å²) in [7, 11) is 0. The van der Waals surface area contributed by atoms with Crippen molar-refractivity contribution >= 4 is 5.91 Å². The summed E-state index contributed by atoms with van der Waals surface area (Å²) in [6, 6.07) is 6.96. The molecule has 1 aliphatic heterocycles. The van der Waals surface area contributed by atoms with Crippen molar-refractivity contribution in [1.82, 2.24) is 25.0 Å². The zero-order valence-corrected chi connectivity index (χ0v) is 14.7. The van der Waals surface area contributed by atoms with Crippen LogP contribution in [0.15, 0.2) is 30.6 Å². The van der Waals surface area contributed by atoms with Gasteiger partial charge in [-0.3, -0.25) is 4.79 Å². The molecule has 0 spiro atoms. The maximum absolute atomic E-state index is 12.9. The van der Waals surface area contributed by atoms with Gasteiger partial charge in [-0.15, -0.1) is 0 Å². The molecule has 1 saturated carbocycles. The van der Waals surface area contributed by atoms with Crippen LogP contribution in [0.3, 0.4) is 0 Å².